The fraction of sp³-hybridized carbons (Fsp3) is 0.714. The number of rotatable bonds is 2. The van der Waals surface area contributed by atoms with Crippen molar-refractivity contribution in [2.24, 2.45) is 5.92 Å². The summed E-state index contributed by atoms with van der Waals surface area (Å²) in [5.41, 5.74) is 0.760. The van der Waals surface area contributed by atoms with Gasteiger partial charge in [-0.15, -0.1) is 0 Å². The standard InChI is InChI=1S/C14H22N4O2/c1-17-7-4-13-11(10-17)3-2-6-18(13)14(19)15-9-12-5-8-20-16-12/h5,8,11,13H,2-4,6-7,9-10H2,1H3,(H,15,19). The summed E-state index contributed by atoms with van der Waals surface area (Å²) in [5.74, 6) is 0.625. The zero-order chi connectivity index (χ0) is 13.9. The van der Waals surface area contributed by atoms with Gasteiger partial charge < -0.3 is 19.6 Å². The molecule has 1 aromatic heterocycles. The van der Waals surface area contributed by atoms with Crippen molar-refractivity contribution in [1.82, 2.24) is 20.3 Å². The molecule has 3 heterocycles. The zero-order valence-electron chi connectivity index (χ0n) is 11.9. The number of nitrogens with one attached hydrogen (secondary N) is 1. The van der Waals surface area contributed by atoms with Gasteiger partial charge in [0.15, 0.2) is 0 Å². The van der Waals surface area contributed by atoms with Crippen LogP contribution in [0.2, 0.25) is 0 Å². The summed E-state index contributed by atoms with van der Waals surface area (Å²) >= 11 is 0. The molecule has 1 N–H and O–H groups in total. The molecule has 20 heavy (non-hydrogen) atoms. The van der Waals surface area contributed by atoms with Gasteiger partial charge in [-0.25, -0.2) is 4.79 Å². The number of hydrogen-bond donors (Lipinski definition) is 1. The maximum atomic E-state index is 12.4. The van der Waals surface area contributed by atoms with E-state index in [4.69, 9.17) is 4.52 Å². The topological polar surface area (TPSA) is 61.6 Å². The van der Waals surface area contributed by atoms with Crippen molar-refractivity contribution in [2.75, 3.05) is 26.7 Å². The molecule has 110 valence electrons. The minimum atomic E-state index is 0.0345. The second kappa shape index (κ2) is 5.83. The first kappa shape index (κ1) is 13.4. The third-order valence-electron chi connectivity index (χ3n) is 4.44. The SMILES string of the molecule is CN1CCC2C(CCCN2C(=O)NCc2ccon2)C1. The lowest BCUT2D eigenvalue weighted by molar-refractivity contribution is 0.0532. The number of fused-ring (bicyclic) bond motifs is 1. The molecule has 2 aliphatic rings. The van der Waals surface area contributed by atoms with Crippen molar-refractivity contribution in [3.05, 3.63) is 18.0 Å². The molecular weight excluding hydrogens is 256 g/mol. The highest BCUT2D eigenvalue weighted by Crippen LogP contribution is 2.30. The molecule has 0 spiro atoms. The Bertz CT molecular complexity index is 448. The molecule has 2 fully saturated rings. The minimum Gasteiger partial charge on any atom is -0.364 e. The van der Waals surface area contributed by atoms with Gasteiger partial charge in [-0.1, -0.05) is 5.16 Å². The predicted octanol–water partition coefficient (Wildman–Crippen LogP) is 1.30. The van der Waals surface area contributed by atoms with Crippen molar-refractivity contribution in [3.8, 4) is 0 Å². The van der Waals surface area contributed by atoms with Gasteiger partial charge in [0.05, 0.1) is 6.54 Å². The Morgan fingerprint density at radius 3 is 3.20 bits per heavy atom. The summed E-state index contributed by atoms with van der Waals surface area (Å²) in [7, 11) is 2.17. The van der Waals surface area contributed by atoms with E-state index in [1.807, 2.05) is 4.90 Å². The largest absolute Gasteiger partial charge is 0.364 e. The molecule has 2 aliphatic heterocycles. The highest BCUT2D eigenvalue weighted by molar-refractivity contribution is 5.74. The van der Waals surface area contributed by atoms with Crippen LogP contribution in [0.4, 0.5) is 4.79 Å². The molecular formula is C14H22N4O2. The van der Waals surface area contributed by atoms with E-state index in [9.17, 15) is 4.79 Å². The highest BCUT2D eigenvalue weighted by atomic mass is 16.5. The monoisotopic (exact) mass is 278 g/mol. The van der Waals surface area contributed by atoms with E-state index < -0.39 is 0 Å². The number of carbonyl (C=O) groups excluding carboxylic acids is 1. The number of aromatic nitrogens is 1. The average molecular weight is 278 g/mol. The molecule has 2 saturated heterocycles. The summed E-state index contributed by atoms with van der Waals surface area (Å²) in [5, 5.41) is 6.76. The van der Waals surface area contributed by atoms with Crippen molar-refractivity contribution < 1.29 is 9.32 Å². The van der Waals surface area contributed by atoms with Gasteiger partial charge in [-0.3, -0.25) is 0 Å². The van der Waals surface area contributed by atoms with Gasteiger partial charge in [0.1, 0.15) is 12.0 Å². The Kier molecular flexibility index (Phi) is 3.91. The van der Waals surface area contributed by atoms with Crippen LogP contribution in [-0.2, 0) is 6.54 Å². The molecule has 6 heteroatoms. The van der Waals surface area contributed by atoms with Crippen molar-refractivity contribution in [2.45, 2.75) is 31.8 Å². The normalized spacial score (nSPS) is 27.1. The summed E-state index contributed by atoms with van der Waals surface area (Å²) < 4.78 is 4.77. The molecule has 0 bridgehead atoms. The predicted molar refractivity (Wildman–Crippen MR) is 74.1 cm³/mol. The Labute approximate surface area is 119 Å². The number of urea groups is 1. The quantitative estimate of drug-likeness (QED) is 0.886. The van der Waals surface area contributed by atoms with E-state index in [-0.39, 0.29) is 6.03 Å². The molecule has 6 nitrogen and oxygen atoms in total. The molecule has 2 atom stereocenters. The van der Waals surface area contributed by atoms with E-state index in [0.717, 1.165) is 38.2 Å². The van der Waals surface area contributed by atoms with Crippen LogP contribution in [-0.4, -0.2) is 53.7 Å². The molecule has 0 aromatic carbocycles. The van der Waals surface area contributed by atoms with Crippen LogP contribution >= 0.6 is 0 Å². The van der Waals surface area contributed by atoms with Gasteiger partial charge in [0.25, 0.3) is 0 Å². The number of hydrogen-bond acceptors (Lipinski definition) is 4. The first-order chi connectivity index (χ1) is 9.74. The first-order valence-corrected chi connectivity index (χ1v) is 7.36. The lowest BCUT2D eigenvalue weighted by Crippen LogP contribution is -2.57. The Balaban J connectivity index is 1.58. The Morgan fingerprint density at radius 1 is 1.50 bits per heavy atom. The van der Waals surface area contributed by atoms with E-state index in [2.05, 4.69) is 22.4 Å². The summed E-state index contributed by atoms with van der Waals surface area (Å²) in [6, 6.07) is 2.21. The van der Waals surface area contributed by atoms with Gasteiger partial charge in [-0.2, -0.15) is 0 Å². The fourth-order valence-corrected chi connectivity index (χ4v) is 3.43. The van der Waals surface area contributed by atoms with Crippen LogP contribution in [0.3, 0.4) is 0 Å². The van der Waals surface area contributed by atoms with Crippen molar-refractivity contribution in [3.63, 3.8) is 0 Å². The highest BCUT2D eigenvalue weighted by Gasteiger charge is 2.37. The average Bonchev–Trinajstić information content (AvgIpc) is 2.97. The lowest BCUT2D eigenvalue weighted by Gasteiger charge is -2.46. The summed E-state index contributed by atoms with van der Waals surface area (Å²) in [6.07, 6.45) is 4.95. The minimum absolute atomic E-state index is 0.0345. The van der Waals surface area contributed by atoms with Crippen molar-refractivity contribution in [1.29, 1.82) is 0 Å². The van der Waals surface area contributed by atoms with Crippen LogP contribution in [0.1, 0.15) is 25.0 Å². The number of piperidine rings is 2. The molecule has 0 saturated carbocycles. The second-order valence-electron chi connectivity index (χ2n) is 5.86. The zero-order valence-corrected chi connectivity index (χ0v) is 11.9. The van der Waals surface area contributed by atoms with Crippen LogP contribution in [0.15, 0.2) is 16.9 Å². The number of amides is 2. The van der Waals surface area contributed by atoms with Gasteiger partial charge in [-0.05, 0) is 38.8 Å². The second-order valence-corrected chi connectivity index (χ2v) is 5.86. The van der Waals surface area contributed by atoms with E-state index >= 15 is 0 Å². The van der Waals surface area contributed by atoms with Gasteiger partial charge >= 0.3 is 6.03 Å². The Morgan fingerprint density at radius 2 is 2.40 bits per heavy atom. The number of carbonyl (C=O) groups is 1. The molecule has 2 unspecified atom stereocenters. The van der Waals surface area contributed by atoms with E-state index in [1.54, 1.807) is 6.07 Å². The maximum Gasteiger partial charge on any atom is 0.317 e. The summed E-state index contributed by atoms with van der Waals surface area (Å²) in [6.45, 7) is 3.49. The van der Waals surface area contributed by atoms with Crippen molar-refractivity contribution >= 4 is 6.03 Å². The third-order valence-corrected chi connectivity index (χ3v) is 4.44. The smallest absolute Gasteiger partial charge is 0.317 e. The van der Waals surface area contributed by atoms with Gasteiger partial charge in [0, 0.05) is 25.2 Å². The maximum absolute atomic E-state index is 12.4. The van der Waals surface area contributed by atoms with Crippen LogP contribution in [0.5, 0.6) is 0 Å². The molecule has 3 rings (SSSR count). The lowest BCUT2D eigenvalue weighted by atomic mass is 9.84. The number of nitrogens with zero attached hydrogens (tertiary/aromatic N) is 3. The molecule has 2 amide bonds. The fourth-order valence-electron chi connectivity index (χ4n) is 3.43. The van der Waals surface area contributed by atoms with Crippen LogP contribution < -0.4 is 5.32 Å². The molecule has 0 radical (unpaired) electrons. The van der Waals surface area contributed by atoms with Crippen LogP contribution in [0, 0.1) is 5.92 Å². The Hall–Kier alpha value is -1.56. The summed E-state index contributed by atoms with van der Waals surface area (Å²) in [4.78, 5) is 16.8. The molecule has 1 aromatic rings. The van der Waals surface area contributed by atoms with Crippen LogP contribution in [0.25, 0.3) is 0 Å². The third kappa shape index (κ3) is 2.80. The van der Waals surface area contributed by atoms with E-state index in [0.29, 0.717) is 18.5 Å². The number of likely N-dealkylation sites (tertiary alicyclic amines) is 2. The van der Waals surface area contributed by atoms with Gasteiger partial charge in [0.2, 0.25) is 0 Å². The molecule has 0 aliphatic carbocycles. The first-order valence-electron chi connectivity index (χ1n) is 7.36. The van der Waals surface area contributed by atoms with E-state index in [1.165, 1.54) is 12.7 Å².